The van der Waals surface area contributed by atoms with E-state index in [1.807, 2.05) is 6.07 Å². The van der Waals surface area contributed by atoms with Crippen LogP contribution < -0.4 is 10.2 Å². The summed E-state index contributed by atoms with van der Waals surface area (Å²) in [5.41, 5.74) is 9.14. The molecule has 0 radical (unpaired) electrons. The maximum absolute atomic E-state index is 7.26. The molecule has 5 aromatic rings. The minimum absolute atomic E-state index is 0.0547. The lowest BCUT2D eigenvalue weighted by atomic mass is 9.86. The Bertz CT molecular complexity index is 1650. The molecule has 0 saturated heterocycles. The Morgan fingerprint density at radius 2 is 1.37 bits per heavy atom. The van der Waals surface area contributed by atoms with E-state index in [1.165, 1.54) is 26.8 Å². The van der Waals surface area contributed by atoms with Crippen molar-refractivity contribution in [2.75, 3.05) is 10.2 Å². The van der Waals surface area contributed by atoms with Gasteiger partial charge in [-0.15, -0.1) is 11.3 Å². The fourth-order valence-electron chi connectivity index (χ4n) is 5.07. The molecule has 0 fully saturated rings. The van der Waals surface area contributed by atoms with Crippen molar-refractivity contribution < 1.29 is 0 Å². The largest absolute Gasteiger partial charge is 0.354 e. The van der Waals surface area contributed by atoms with Gasteiger partial charge in [0.25, 0.3) is 0 Å². The number of nitrogens with one attached hydrogen (secondary N) is 1. The summed E-state index contributed by atoms with van der Waals surface area (Å²) in [6.45, 7) is 18.0. The van der Waals surface area contributed by atoms with Crippen molar-refractivity contribution in [3.8, 4) is 0 Å². The van der Waals surface area contributed by atoms with E-state index in [2.05, 4.69) is 150 Å². The molecule has 0 aliphatic rings. The molecule has 0 spiro atoms. The van der Waals surface area contributed by atoms with Crippen LogP contribution in [0.15, 0.2) is 90.3 Å². The Labute approximate surface area is 255 Å². The number of hydrogen-bond donors (Lipinski definition) is 1. The smallest absolute Gasteiger partial charge is 0.0881 e. The van der Waals surface area contributed by atoms with Crippen molar-refractivity contribution >= 4 is 61.5 Å². The number of anilines is 5. The van der Waals surface area contributed by atoms with Gasteiger partial charge in [0.1, 0.15) is 0 Å². The van der Waals surface area contributed by atoms with E-state index in [0.29, 0.717) is 10.9 Å². The van der Waals surface area contributed by atoms with E-state index >= 15 is 0 Å². The highest BCUT2D eigenvalue weighted by molar-refractivity contribution is 7.17. The Hall–Kier alpha value is -3.27. The van der Waals surface area contributed by atoms with Crippen molar-refractivity contribution in [3.05, 3.63) is 112 Å². The summed E-state index contributed by atoms with van der Waals surface area (Å²) in [7, 11) is 0. The molecular formula is C37H41ClN2S. The van der Waals surface area contributed by atoms with E-state index in [1.54, 1.807) is 11.3 Å². The number of nitrogens with zero attached hydrogens (tertiary/aromatic N) is 1. The fourth-order valence-corrected chi connectivity index (χ4v) is 6.24. The Kier molecular flexibility index (Phi) is 7.98. The molecule has 2 nitrogen and oxygen atoms in total. The molecule has 4 aromatic carbocycles. The van der Waals surface area contributed by atoms with Crippen LogP contribution in [-0.2, 0) is 10.8 Å². The number of halogens is 1. The third kappa shape index (κ3) is 6.17. The molecule has 0 aliphatic heterocycles. The fraction of sp³-hybridized carbons (Fsp3) is 0.297. The quantitative estimate of drug-likeness (QED) is 0.215. The van der Waals surface area contributed by atoms with Gasteiger partial charge >= 0.3 is 0 Å². The van der Waals surface area contributed by atoms with Crippen LogP contribution in [-0.4, -0.2) is 0 Å². The molecule has 41 heavy (non-hydrogen) atoms. The minimum atomic E-state index is 0.0547. The van der Waals surface area contributed by atoms with Gasteiger partial charge < -0.3 is 10.2 Å². The lowest BCUT2D eigenvalue weighted by molar-refractivity contribution is 0.590. The summed E-state index contributed by atoms with van der Waals surface area (Å²) < 4.78 is 1.26. The highest BCUT2D eigenvalue weighted by atomic mass is 35.5. The number of rotatable bonds is 6. The van der Waals surface area contributed by atoms with Gasteiger partial charge in [0.05, 0.1) is 22.1 Å². The third-order valence-electron chi connectivity index (χ3n) is 7.73. The van der Waals surface area contributed by atoms with Gasteiger partial charge in [-0.3, -0.25) is 0 Å². The molecule has 0 amide bonds. The van der Waals surface area contributed by atoms with Crippen molar-refractivity contribution in [2.24, 2.45) is 0 Å². The van der Waals surface area contributed by atoms with Gasteiger partial charge in [0, 0.05) is 26.8 Å². The molecule has 1 heterocycles. The van der Waals surface area contributed by atoms with Crippen molar-refractivity contribution in [1.29, 1.82) is 0 Å². The van der Waals surface area contributed by atoms with Crippen LogP contribution in [0, 0.1) is 0 Å². The molecule has 212 valence electrons. The lowest BCUT2D eigenvalue weighted by Crippen LogP contribution is -2.14. The summed E-state index contributed by atoms with van der Waals surface area (Å²) in [6.07, 6.45) is 0. The average Bonchev–Trinajstić information content (AvgIpc) is 3.33. The first-order chi connectivity index (χ1) is 19.3. The summed E-state index contributed by atoms with van der Waals surface area (Å²) >= 11 is 9.03. The zero-order chi connectivity index (χ0) is 29.5. The monoisotopic (exact) mass is 580 g/mol. The first-order valence-electron chi connectivity index (χ1n) is 14.4. The summed E-state index contributed by atoms with van der Waals surface area (Å²) in [5, 5.41) is 7.75. The van der Waals surface area contributed by atoms with E-state index < -0.39 is 0 Å². The molecule has 0 bridgehead atoms. The van der Waals surface area contributed by atoms with Gasteiger partial charge in [-0.2, -0.15) is 0 Å². The van der Waals surface area contributed by atoms with E-state index in [-0.39, 0.29) is 10.8 Å². The van der Waals surface area contributed by atoms with Crippen molar-refractivity contribution in [3.63, 3.8) is 0 Å². The lowest BCUT2D eigenvalue weighted by Gasteiger charge is -2.28. The predicted octanol–water partition coefficient (Wildman–Crippen LogP) is 12.5. The second-order valence-electron chi connectivity index (χ2n) is 13.3. The predicted molar refractivity (Wildman–Crippen MR) is 183 cm³/mol. The summed E-state index contributed by atoms with van der Waals surface area (Å²) in [4.78, 5) is 2.31. The van der Waals surface area contributed by atoms with Crippen molar-refractivity contribution in [1.82, 2.24) is 0 Å². The van der Waals surface area contributed by atoms with Gasteiger partial charge in [0.2, 0.25) is 0 Å². The summed E-state index contributed by atoms with van der Waals surface area (Å²) in [5.74, 6) is 0.494. The van der Waals surface area contributed by atoms with Crippen LogP contribution >= 0.6 is 22.9 Å². The molecule has 0 unspecified atom stereocenters. The standard InChI is InChI=1S/C37H41ClN2S/c1-24(2)25-12-17-28(18-13-25)39-31-10-9-11-32(35(31)38)40(29-19-14-26(15-20-29)36(3,4)5)33-23-41-34-21-16-27(22-30(33)34)37(6,7)8/h9-24,39H,1-8H3. The van der Waals surface area contributed by atoms with Crippen LogP contribution in [0.5, 0.6) is 0 Å². The van der Waals surface area contributed by atoms with Crippen LogP contribution in [0.25, 0.3) is 10.1 Å². The van der Waals surface area contributed by atoms with Crippen LogP contribution in [0.3, 0.4) is 0 Å². The summed E-state index contributed by atoms with van der Waals surface area (Å²) in [6, 6.07) is 30.6. The molecule has 1 aromatic heterocycles. The second-order valence-corrected chi connectivity index (χ2v) is 14.5. The topological polar surface area (TPSA) is 15.3 Å². The van der Waals surface area contributed by atoms with E-state index in [4.69, 9.17) is 11.6 Å². The van der Waals surface area contributed by atoms with Crippen LogP contribution in [0.4, 0.5) is 28.4 Å². The molecule has 0 saturated carbocycles. The van der Waals surface area contributed by atoms with Crippen LogP contribution in [0.1, 0.15) is 78.0 Å². The second kappa shape index (κ2) is 11.2. The van der Waals surface area contributed by atoms with Gasteiger partial charge in [-0.25, -0.2) is 0 Å². The number of thiophene rings is 1. The van der Waals surface area contributed by atoms with Gasteiger partial charge in [-0.05, 0) is 82.0 Å². The SMILES string of the molecule is CC(C)c1ccc(Nc2cccc(N(c3ccc(C(C)(C)C)cc3)c3csc4ccc(C(C)(C)C)cc34)c2Cl)cc1. The van der Waals surface area contributed by atoms with E-state index in [9.17, 15) is 0 Å². The first-order valence-corrected chi connectivity index (χ1v) is 15.7. The zero-order valence-corrected chi connectivity index (χ0v) is 27.0. The molecule has 5 rings (SSSR count). The molecule has 0 atom stereocenters. The van der Waals surface area contributed by atoms with Crippen molar-refractivity contribution in [2.45, 2.75) is 72.1 Å². The van der Waals surface area contributed by atoms with Gasteiger partial charge in [-0.1, -0.05) is 103 Å². The average molecular weight is 581 g/mol. The van der Waals surface area contributed by atoms with Gasteiger partial charge in [0.15, 0.2) is 0 Å². The highest BCUT2D eigenvalue weighted by Gasteiger charge is 2.23. The minimum Gasteiger partial charge on any atom is -0.354 e. The number of fused-ring (bicyclic) bond motifs is 1. The highest BCUT2D eigenvalue weighted by Crippen LogP contribution is 2.47. The normalized spacial score (nSPS) is 12.2. The molecule has 0 aliphatic carbocycles. The Morgan fingerprint density at radius 3 is 1.98 bits per heavy atom. The zero-order valence-electron chi connectivity index (χ0n) is 25.5. The Balaban J connectivity index is 1.65. The number of benzene rings is 4. The maximum Gasteiger partial charge on any atom is 0.0881 e. The maximum atomic E-state index is 7.26. The molecule has 4 heteroatoms. The number of hydrogen-bond acceptors (Lipinski definition) is 3. The molecular weight excluding hydrogens is 540 g/mol. The molecule has 1 N–H and O–H groups in total. The Morgan fingerprint density at radius 1 is 0.732 bits per heavy atom. The van der Waals surface area contributed by atoms with Crippen LogP contribution in [0.2, 0.25) is 5.02 Å². The third-order valence-corrected chi connectivity index (χ3v) is 9.08. The first kappa shape index (κ1) is 29.2. The van der Waals surface area contributed by atoms with E-state index in [0.717, 1.165) is 28.4 Å².